The Morgan fingerprint density at radius 3 is 2.12 bits per heavy atom. The van der Waals surface area contributed by atoms with E-state index in [-0.39, 0.29) is 0 Å². The molecule has 0 saturated carbocycles. The summed E-state index contributed by atoms with van der Waals surface area (Å²) in [5, 5.41) is 12.2. The van der Waals surface area contributed by atoms with Crippen molar-refractivity contribution >= 4 is 10.8 Å². The first-order valence-electron chi connectivity index (χ1n) is 5.47. The van der Waals surface area contributed by atoms with Crippen LogP contribution in [0.1, 0.15) is 5.56 Å². The van der Waals surface area contributed by atoms with Gasteiger partial charge in [-0.15, -0.1) is 0 Å². The van der Waals surface area contributed by atoms with E-state index in [9.17, 15) is 5.11 Å². The molecule has 2 aromatic rings. The number of hydrogen-bond acceptors (Lipinski definition) is 1. The summed E-state index contributed by atoms with van der Waals surface area (Å²) in [6, 6.07) is 12.0. The molecule has 2 heteroatoms. The van der Waals surface area contributed by atoms with Gasteiger partial charge in [-0.25, -0.2) is 0 Å². The number of phenols is 1. The number of phenolic OH excluding ortho intramolecular Hbond substituents is 1. The Kier molecular flexibility index (Phi) is 2.60. The molecule has 0 aliphatic rings. The number of fused-ring (bicyclic) bond motifs is 1. The Morgan fingerprint density at radius 1 is 1.00 bits per heavy atom. The van der Waals surface area contributed by atoms with Crippen molar-refractivity contribution in [2.75, 3.05) is 21.1 Å². The van der Waals surface area contributed by atoms with Crippen molar-refractivity contribution in [3.05, 3.63) is 42.0 Å². The van der Waals surface area contributed by atoms with Crippen molar-refractivity contribution in [3.8, 4) is 5.75 Å². The smallest absolute Gasteiger partial charge is 0.125 e. The van der Waals surface area contributed by atoms with E-state index < -0.39 is 0 Å². The van der Waals surface area contributed by atoms with Gasteiger partial charge in [-0.3, -0.25) is 0 Å². The zero-order valence-corrected chi connectivity index (χ0v) is 10.1. The molecule has 0 heterocycles. The van der Waals surface area contributed by atoms with Crippen molar-refractivity contribution in [3.63, 3.8) is 0 Å². The van der Waals surface area contributed by atoms with Crippen molar-refractivity contribution in [1.82, 2.24) is 0 Å². The second-order valence-corrected chi connectivity index (χ2v) is 5.28. The van der Waals surface area contributed by atoms with Gasteiger partial charge in [-0.1, -0.05) is 24.3 Å². The van der Waals surface area contributed by atoms with Crippen molar-refractivity contribution in [2.24, 2.45) is 0 Å². The van der Waals surface area contributed by atoms with Gasteiger partial charge in [0.05, 0.1) is 21.1 Å². The van der Waals surface area contributed by atoms with E-state index in [1.807, 2.05) is 24.3 Å². The first kappa shape index (κ1) is 11.0. The molecular formula is C14H18NO+. The van der Waals surface area contributed by atoms with Gasteiger partial charge in [-0.2, -0.15) is 0 Å². The molecular weight excluding hydrogens is 198 g/mol. The topological polar surface area (TPSA) is 20.2 Å². The fourth-order valence-electron chi connectivity index (χ4n) is 1.91. The maximum Gasteiger partial charge on any atom is 0.125 e. The first-order valence-corrected chi connectivity index (χ1v) is 5.47. The SMILES string of the molecule is C[N+](C)(C)Cc1cc2ccccc2cc1O. The van der Waals surface area contributed by atoms with Crippen LogP contribution in [0.4, 0.5) is 0 Å². The summed E-state index contributed by atoms with van der Waals surface area (Å²) in [5.41, 5.74) is 1.01. The molecule has 0 aliphatic heterocycles. The Balaban J connectivity index is 2.50. The minimum Gasteiger partial charge on any atom is -0.507 e. The fourth-order valence-corrected chi connectivity index (χ4v) is 1.91. The molecule has 0 radical (unpaired) electrons. The number of nitrogens with zero attached hydrogens (tertiary/aromatic N) is 1. The zero-order chi connectivity index (χ0) is 11.8. The molecule has 1 N–H and O–H groups in total. The number of quaternary nitrogens is 1. The molecule has 0 unspecified atom stereocenters. The van der Waals surface area contributed by atoms with Gasteiger partial charge in [0.25, 0.3) is 0 Å². The summed E-state index contributed by atoms with van der Waals surface area (Å²) in [6.07, 6.45) is 0. The molecule has 2 rings (SSSR count). The largest absolute Gasteiger partial charge is 0.507 e. The van der Waals surface area contributed by atoms with Crippen LogP contribution in [0.3, 0.4) is 0 Å². The van der Waals surface area contributed by atoms with Crippen LogP contribution in [-0.4, -0.2) is 30.7 Å². The quantitative estimate of drug-likeness (QED) is 0.765. The first-order chi connectivity index (χ1) is 7.46. The highest BCUT2D eigenvalue weighted by atomic mass is 16.3. The van der Waals surface area contributed by atoms with E-state index in [2.05, 4.69) is 33.3 Å². The van der Waals surface area contributed by atoms with Crippen molar-refractivity contribution in [1.29, 1.82) is 0 Å². The van der Waals surface area contributed by atoms with Crippen molar-refractivity contribution < 1.29 is 9.59 Å². The predicted octanol–water partition coefficient (Wildman–Crippen LogP) is 2.75. The Bertz CT molecular complexity index is 512. The monoisotopic (exact) mass is 216 g/mol. The number of rotatable bonds is 2. The third-order valence-corrected chi connectivity index (χ3v) is 2.59. The molecule has 0 atom stereocenters. The van der Waals surface area contributed by atoms with E-state index in [1.54, 1.807) is 0 Å². The average molecular weight is 216 g/mol. The number of hydrogen-bond donors (Lipinski definition) is 1. The maximum absolute atomic E-state index is 9.96. The van der Waals surface area contributed by atoms with E-state index in [0.29, 0.717) is 5.75 Å². The summed E-state index contributed by atoms with van der Waals surface area (Å²) < 4.78 is 0.811. The predicted molar refractivity (Wildman–Crippen MR) is 67.3 cm³/mol. The third kappa shape index (κ3) is 2.34. The van der Waals surface area contributed by atoms with Crippen LogP contribution in [-0.2, 0) is 6.54 Å². The van der Waals surface area contributed by atoms with Gasteiger partial charge in [0, 0.05) is 5.56 Å². The van der Waals surface area contributed by atoms with E-state index in [0.717, 1.165) is 22.0 Å². The van der Waals surface area contributed by atoms with Gasteiger partial charge in [0.15, 0.2) is 0 Å². The normalized spacial score (nSPS) is 11.9. The van der Waals surface area contributed by atoms with Crippen LogP contribution in [0.2, 0.25) is 0 Å². The van der Waals surface area contributed by atoms with Gasteiger partial charge in [-0.05, 0) is 22.9 Å². The summed E-state index contributed by atoms with van der Waals surface area (Å²) in [7, 11) is 6.36. The maximum atomic E-state index is 9.96. The second kappa shape index (κ2) is 3.80. The van der Waals surface area contributed by atoms with E-state index in [1.165, 1.54) is 5.39 Å². The van der Waals surface area contributed by atoms with Crippen LogP contribution < -0.4 is 0 Å². The minimum absolute atomic E-state index is 0.395. The van der Waals surface area contributed by atoms with Crippen LogP contribution in [0.25, 0.3) is 10.8 Å². The standard InChI is InChI=1S/C14H17NO/c1-15(2,3)10-13-8-11-6-4-5-7-12(11)9-14(13)16/h4-9H,10H2,1-3H3/p+1. The lowest BCUT2D eigenvalue weighted by Gasteiger charge is -2.24. The highest BCUT2D eigenvalue weighted by Crippen LogP contribution is 2.26. The molecule has 0 saturated heterocycles. The Labute approximate surface area is 96.3 Å². The number of benzene rings is 2. The lowest BCUT2D eigenvalue weighted by molar-refractivity contribution is -0.884. The molecule has 0 aliphatic carbocycles. The molecule has 2 aromatic carbocycles. The summed E-state index contributed by atoms with van der Waals surface area (Å²) >= 11 is 0. The van der Waals surface area contributed by atoms with Crippen molar-refractivity contribution in [2.45, 2.75) is 6.54 Å². The van der Waals surface area contributed by atoms with Gasteiger partial charge in [0.1, 0.15) is 12.3 Å². The lowest BCUT2D eigenvalue weighted by Crippen LogP contribution is -2.33. The molecule has 0 aromatic heterocycles. The van der Waals surface area contributed by atoms with Gasteiger partial charge >= 0.3 is 0 Å². The molecule has 0 fully saturated rings. The highest BCUT2D eigenvalue weighted by molar-refractivity contribution is 5.84. The zero-order valence-electron chi connectivity index (χ0n) is 10.1. The molecule has 0 bridgehead atoms. The van der Waals surface area contributed by atoms with Gasteiger partial charge < -0.3 is 9.59 Å². The number of aromatic hydroxyl groups is 1. The third-order valence-electron chi connectivity index (χ3n) is 2.59. The Hall–Kier alpha value is -1.54. The average Bonchev–Trinajstić information content (AvgIpc) is 2.17. The summed E-state index contributed by atoms with van der Waals surface area (Å²) in [4.78, 5) is 0. The molecule has 2 nitrogen and oxygen atoms in total. The van der Waals surface area contributed by atoms with E-state index >= 15 is 0 Å². The van der Waals surface area contributed by atoms with Crippen LogP contribution >= 0.6 is 0 Å². The second-order valence-electron chi connectivity index (χ2n) is 5.28. The molecule has 0 amide bonds. The minimum atomic E-state index is 0.395. The molecule has 16 heavy (non-hydrogen) atoms. The van der Waals surface area contributed by atoms with Gasteiger partial charge in [0.2, 0.25) is 0 Å². The molecule has 84 valence electrons. The van der Waals surface area contributed by atoms with Crippen LogP contribution in [0.15, 0.2) is 36.4 Å². The lowest BCUT2D eigenvalue weighted by atomic mass is 10.1. The molecule has 0 spiro atoms. The van der Waals surface area contributed by atoms with Crippen LogP contribution in [0.5, 0.6) is 5.75 Å². The van der Waals surface area contributed by atoms with Crippen LogP contribution in [0, 0.1) is 0 Å². The summed E-state index contributed by atoms with van der Waals surface area (Å²) in [6.45, 7) is 0.830. The Morgan fingerprint density at radius 2 is 1.56 bits per heavy atom. The van der Waals surface area contributed by atoms with E-state index in [4.69, 9.17) is 0 Å². The summed E-state index contributed by atoms with van der Waals surface area (Å²) in [5.74, 6) is 0.395. The highest BCUT2D eigenvalue weighted by Gasteiger charge is 2.12. The fraction of sp³-hybridized carbons (Fsp3) is 0.286.